The normalized spacial score (nSPS) is 19.1. The van der Waals surface area contributed by atoms with Crippen LogP contribution < -0.4 is 9.80 Å². The topological polar surface area (TPSA) is 81.8 Å². The van der Waals surface area contributed by atoms with Crippen LogP contribution in [0.25, 0.3) is 0 Å². The Morgan fingerprint density at radius 2 is 1.52 bits per heavy atom. The Balaban J connectivity index is 1.29. The number of anilines is 2. The first-order valence-corrected chi connectivity index (χ1v) is 9.81. The lowest BCUT2D eigenvalue weighted by atomic mass is 9.79. The molecule has 2 aliphatic heterocycles. The fraction of sp³-hybridized carbons (Fsp3) is 0.526. The minimum atomic E-state index is 0.242. The van der Waals surface area contributed by atoms with E-state index < -0.39 is 0 Å². The lowest BCUT2D eigenvalue weighted by Crippen LogP contribution is -2.41. The van der Waals surface area contributed by atoms with Gasteiger partial charge in [-0.05, 0) is 43.6 Å². The van der Waals surface area contributed by atoms with Crippen LogP contribution >= 0.6 is 11.6 Å². The minimum Gasteiger partial charge on any atom is -0.356 e. The molecule has 0 unspecified atom stereocenters. The summed E-state index contributed by atoms with van der Waals surface area (Å²) < 4.78 is 0. The van der Waals surface area contributed by atoms with E-state index in [9.17, 15) is 0 Å². The van der Waals surface area contributed by atoms with E-state index in [0.29, 0.717) is 5.02 Å². The Kier molecular flexibility index (Phi) is 5.35. The molecular formula is C19H22ClN7. The first kappa shape index (κ1) is 17.9. The van der Waals surface area contributed by atoms with Gasteiger partial charge in [0.25, 0.3) is 0 Å². The summed E-state index contributed by atoms with van der Waals surface area (Å²) >= 11 is 5.88. The van der Waals surface area contributed by atoms with Crippen LogP contribution in [-0.4, -0.2) is 46.1 Å². The van der Waals surface area contributed by atoms with Gasteiger partial charge in [-0.2, -0.15) is 5.26 Å². The summed E-state index contributed by atoms with van der Waals surface area (Å²) in [5, 5.41) is 9.55. The van der Waals surface area contributed by atoms with Crippen LogP contribution in [0, 0.1) is 23.2 Å². The third-order valence-electron chi connectivity index (χ3n) is 5.70. The fourth-order valence-electron chi connectivity index (χ4n) is 4.22. The van der Waals surface area contributed by atoms with E-state index >= 15 is 0 Å². The highest BCUT2D eigenvalue weighted by atomic mass is 35.5. The van der Waals surface area contributed by atoms with Gasteiger partial charge in [-0.1, -0.05) is 11.6 Å². The van der Waals surface area contributed by atoms with Crippen molar-refractivity contribution in [1.82, 2.24) is 19.9 Å². The van der Waals surface area contributed by atoms with Crippen LogP contribution in [0.15, 0.2) is 24.7 Å². The predicted molar refractivity (Wildman–Crippen MR) is 104 cm³/mol. The number of halogens is 1. The summed E-state index contributed by atoms with van der Waals surface area (Å²) in [6.45, 7) is 3.99. The van der Waals surface area contributed by atoms with Crippen molar-refractivity contribution in [3.63, 3.8) is 0 Å². The molecule has 2 fully saturated rings. The van der Waals surface area contributed by atoms with Crippen molar-refractivity contribution < 1.29 is 0 Å². The van der Waals surface area contributed by atoms with Crippen molar-refractivity contribution in [3.05, 3.63) is 35.5 Å². The Hall–Kier alpha value is -2.46. The van der Waals surface area contributed by atoms with Crippen LogP contribution in [0.5, 0.6) is 0 Å². The molecule has 0 bridgehead atoms. The zero-order valence-electron chi connectivity index (χ0n) is 15.1. The van der Waals surface area contributed by atoms with E-state index in [4.69, 9.17) is 16.9 Å². The van der Waals surface area contributed by atoms with Crippen molar-refractivity contribution in [1.29, 1.82) is 5.26 Å². The van der Waals surface area contributed by atoms with E-state index in [1.807, 2.05) is 12.1 Å². The molecule has 2 saturated heterocycles. The molecule has 0 atom stereocenters. The molecule has 0 spiro atoms. The Bertz CT molecular complexity index is 804. The number of aromatic nitrogens is 4. The average Bonchev–Trinajstić information content (AvgIpc) is 2.75. The zero-order chi connectivity index (χ0) is 18.6. The van der Waals surface area contributed by atoms with Gasteiger partial charge in [0, 0.05) is 32.4 Å². The average molecular weight is 384 g/mol. The summed E-state index contributed by atoms with van der Waals surface area (Å²) in [6, 6.07) is 3.91. The highest BCUT2D eigenvalue weighted by Gasteiger charge is 2.30. The first-order valence-electron chi connectivity index (χ1n) is 9.43. The maximum Gasteiger partial charge on any atom is 0.234 e. The molecule has 8 heteroatoms. The van der Waals surface area contributed by atoms with Crippen molar-refractivity contribution in [2.45, 2.75) is 25.7 Å². The molecule has 4 heterocycles. The molecule has 2 aromatic heterocycles. The molecule has 2 aliphatic rings. The quantitative estimate of drug-likeness (QED) is 0.805. The first-order chi connectivity index (χ1) is 13.2. The van der Waals surface area contributed by atoms with Gasteiger partial charge >= 0.3 is 0 Å². The smallest absolute Gasteiger partial charge is 0.234 e. The maximum atomic E-state index is 8.98. The summed E-state index contributed by atoms with van der Waals surface area (Å²) in [5.41, 5.74) is 0. The SMILES string of the molecule is N#Cc1nccc(N2CCC(C3CCN(c4ncc(Cl)cn4)CC3)CC2)n1. The lowest BCUT2D eigenvalue weighted by Gasteiger charge is -2.40. The van der Waals surface area contributed by atoms with Gasteiger partial charge in [0.2, 0.25) is 11.8 Å². The monoisotopic (exact) mass is 383 g/mol. The van der Waals surface area contributed by atoms with Gasteiger partial charge in [-0.25, -0.2) is 19.9 Å². The van der Waals surface area contributed by atoms with Gasteiger partial charge in [0.05, 0.1) is 17.4 Å². The molecule has 0 amide bonds. The minimum absolute atomic E-state index is 0.242. The molecule has 2 aromatic rings. The zero-order valence-corrected chi connectivity index (χ0v) is 15.9. The van der Waals surface area contributed by atoms with Crippen molar-refractivity contribution in [2.75, 3.05) is 36.0 Å². The van der Waals surface area contributed by atoms with Gasteiger partial charge in [0.15, 0.2) is 0 Å². The number of nitrogens with zero attached hydrogens (tertiary/aromatic N) is 7. The van der Waals surface area contributed by atoms with Gasteiger partial charge < -0.3 is 9.80 Å². The van der Waals surface area contributed by atoms with E-state index in [0.717, 1.165) is 49.8 Å². The Labute approximate surface area is 164 Å². The summed E-state index contributed by atoms with van der Waals surface area (Å²) in [6.07, 6.45) is 9.71. The molecule has 0 saturated carbocycles. The predicted octanol–water partition coefficient (Wildman–Crippen LogP) is 2.92. The van der Waals surface area contributed by atoms with Crippen LogP contribution in [0.2, 0.25) is 5.02 Å². The van der Waals surface area contributed by atoms with E-state index in [1.165, 1.54) is 25.7 Å². The number of rotatable bonds is 3. The number of hydrogen-bond donors (Lipinski definition) is 0. The third kappa shape index (κ3) is 4.11. The molecule has 27 heavy (non-hydrogen) atoms. The van der Waals surface area contributed by atoms with E-state index in [1.54, 1.807) is 18.6 Å². The summed E-state index contributed by atoms with van der Waals surface area (Å²) in [7, 11) is 0. The van der Waals surface area contributed by atoms with Crippen molar-refractivity contribution in [2.24, 2.45) is 11.8 Å². The number of hydrogen-bond acceptors (Lipinski definition) is 7. The molecular weight excluding hydrogens is 362 g/mol. The Morgan fingerprint density at radius 3 is 2.11 bits per heavy atom. The molecule has 0 aromatic carbocycles. The Morgan fingerprint density at radius 1 is 0.926 bits per heavy atom. The highest BCUT2D eigenvalue weighted by molar-refractivity contribution is 6.30. The van der Waals surface area contributed by atoms with E-state index in [-0.39, 0.29) is 5.82 Å². The summed E-state index contributed by atoms with van der Waals surface area (Å²) in [4.78, 5) is 21.5. The van der Waals surface area contributed by atoms with Crippen molar-refractivity contribution >= 4 is 23.4 Å². The van der Waals surface area contributed by atoms with Crippen molar-refractivity contribution in [3.8, 4) is 6.07 Å². The number of nitriles is 1. The largest absolute Gasteiger partial charge is 0.356 e. The third-order valence-corrected chi connectivity index (χ3v) is 5.90. The molecule has 0 N–H and O–H groups in total. The van der Waals surface area contributed by atoms with E-state index in [2.05, 4.69) is 29.7 Å². The molecule has 0 radical (unpaired) electrons. The molecule has 0 aliphatic carbocycles. The lowest BCUT2D eigenvalue weighted by molar-refractivity contribution is 0.232. The van der Waals surface area contributed by atoms with Gasteiger partial charge in [-0.15, -0.1) is 0 Å². The van der Waals surface area contributed by atoms with Gasteiger partial charge in [0.1, 0.15) is 11.9 Å². The van der Waals surface area contributed by atoms with Crippen LogP contribution in [-0.2, 0) is 0 Å². The standard InChI is InChI=1S/C19H22ClN7/c20-16-12-23-19(24-13-16)27-9-4-15(5-10-27)14-2-7-26(8-3-14)18-1-6-22-17(11-21)25-18/h1,6,12-15H,2-5,7-10H2. The second kappa shape index (κ2) is 8.05. The second-order valence-electron chi connectivity index (χ2n) is 7.20. The number of piperidine rings is 2. The maximum absolute atomic E-state index is 8.98. The van der Waals surface area contributed by atoms with Crippen LogP contribution in [0.1, 0.15) is 31.5 Å². The van der Waals surface area contributed by atoms with Gasteiger partial charge in [-0.3, -0.25) is 0 Å². The summed E-state index contributed by atoms with van der Waals surface area (Å²) in [5.74, 6) is 3.41. The highest BCUT2D eigenvalue weighted by Crippen LogP contribution is 2.34. The van der Waals surface area contributed by atoms with Crippen LogP contribution in [0.4, 0.5) is 11.8 Å². The molecule has 7 nitrogen and oxygen atoms in total. The van der Waals surface area contributed by atoms with Crippen LogP contribution in [0.3, 0.4) is 0 Å². The molecule has 4 rings (SSSR count). The molecule has 140 valence electrons. The fourth-order valence-corrected chi connectivity index (χ4v) is 4.32. The second-order valence-corrected chi connectivity index (χ2v) is 7.64.